The van der Waals surface area contributed by atoms with Gasteiger partial charge in [0.05, 0.1) is 11.1 Å². The number of hydrogen-bond donors (Lipinski definition) is 0. The second kappa shape index (κ2) is 5.11. The van der Waals surface area contributed by atoms with Gasteiger partial charge < -0.3 is 4.74 Å². The number of ether oxygens (including phenoxy) is 1. The van der Waals surface area contributed by atoms with Crippen molar-refractivity contribution in [1.29, 1.82) is 0 Å². The number of rotatable bonds is 4. The van der Waals surface area contributed by atoms with Crippen LogP contribution in [0.4, 0.5) is 22.0 Å². The van der Waals surface area contributed by atoms with Crippen molar-refractivity contribution < 1.29 is 36.3 Å². The van der Waals surface area contributed by atoms with Crippen molar-refractivity contribution >= 4 is 12.6 Å². The van der Waals surface area contributed by atoms with E-state index in [1.165, 1.54) is 0 Å². The van der Waals surface area contributed by atoms with Crippen LogP contribution in [0, 0.1) is 0 Å². The van der Waals surface area contributed by atoms with E-state index < -0.39 is 35.2 Å². The van der Waals surface area contributed by atoms with Gasteiger partial charge in [0.1, 0.15) is 12.0 Å². The molecule has 3 nitrogen and oxygen atoms in total. The summed E-state index contributed by atoms with van der Waals surface area (Å²) in [5.74, 6) is -1.29. The highest BCUT2D eigenvalue weighted by molar-refractivity contribution is 5.86. The minimum Gasteiger partial charge on any atom is -0.433 e. The van der Waals surface area contributed by atoms with E-state index in [2.05, 4.69) is 4.74 Å². The Hall–Kier alpha value is -1.99. The zero-order valence-corrected chi connectivity index (χ0v) is 8.50. The highest BCUT2D eigenvalue weighted by Crippen LogP contribution is 2.39. The Kier molecular flexibility index (Phi) is 4.00. The van der Waals surface area contributed by atoms with Crippen molar-refractivity contribution in [2.45, 2.75) is 12.8 Å². The molecule has 0 saturated carbocycles. The maximum Gasteiger partial charge on any atom is 0.420 e. The predicted molar refractivity (Wildman–Crippen MR) is 48.9 cm³/mol. The van der Waals surface area contributed by atoms with Crippen molar-refractivity contribution in [2.75, 3.05) is 0 Å². The summed E-state index contributed by atoms with van der Waals surface area (Å²) in [7, 11) is 0. The smallest absolute Gasteiger partial charge is 0.420 e. The maximum atomic E-state index is 12.6. The Labute approximate surface area is 97.2 Å². The van der Waals surface area contributed by atoms with Gasteiger partial charge in [-0.25, -0.2) is 0 Å². The normalized spacial score (nSPS) is 11.4. The molecule has 0 saturated heterocycles. The van der Waals surface area contributed by atoms with Crippen LogP contribution in [-0.4, -0.2) is 19.2 Å². The molecule has 1 aromatic carbocycles. The maximum absolute atomic E-state index is 12.6. The molecule has 18 heavy (non-hydrogen) atoms. The van der Waals surface area contributed by atoms with Crippen LogP contribution in [-0.2, 0) is 6.18 Å². The lowest BCUT2D eigenvalue weighted by molar-refractivity contribution is -0.141. The second-order valence-electron chi connectivity index (χ2n) is 3.10. The molecule has 0 unspecified atom stereocenters. The lowest BCUT2D eigenvalue weighted by Gasteiger charge is -2.15. The van der Waals surface area contributed by atoms with Crippen molar-refractivity contribution in [3.63, 3.8) is 0 Å². The van der Waals surface area contributed by atoms with Gasteiger partial charge in [0.2, 0.25) is 0 Å². The molecule has 0 aliphatic rings. The fraction of sp³-hybridized carbons (Fsp3) is 0.200. The van der Waals surface area contributed by atoms with E-state index in [-0.39, 0.29) is 12.6 Å². The lowest BCUT2D eigenvalue weighted by atomic mass is 10.0. The summed E-state index contributed by atoms with van der Waals surface area (Å²) in [6.07, 6.45) is -5.06. The van der Waals surface area contributed by atoms with Crippen LogP contribution in [0.2, 0.25) is 0 Å². The molecule has 0 aliphatic heterocycles. The van der Waals surface area contributed by atoms with Gasteiger partial charge in [-0.3, -0.25) is 9.59 Å². The minimum atomic E-state index is -5.03. The Morgan fingerprint density at radius 1 is 1.11 bits per heavy atom. The molecule has 0 heterocycles. The van der Waals surface area contributed by atoms with Gasteiger partial charge in [0.15, 0.2) is 6.29 Å². The van der Waals surface area contributed by atoms with E-state index in [4.69, 9.17) is 0 Å². The van der Waals surface area contributed by atoms with E-state index in [1.807, 2.05) is 0 Å². The number of alkyl halides is 5. The largest absolute Gasteiger partial charge is 0.433 e. The molecular weight excluding hydrogens is 263 g/mol. The second-order valence-corrected chi connectivity index (χ2v) is 3.10. The monoisotopic (exact) mass is 268 g/mol. The van der Waals surface area contributed by atoms with Crippen LogP contribution in [0.25, 0.3) is 0 Å². The molecule has 0 spiro atoms. The molecule has 1 aromatic rings. The van der Waals surface area contributed by atoms with Gasteiger partial charge in [-0.15, -0.1) is 0 Å². The molecule has 0 radical (unpaired) electrons. The van der Waals surface area contributed by atoms with Crippen LogP contribution in [0.1, 0.15) is 26.3 Å². The van der Waals surface area contributed by atoms with Crippen molar-refractivity contribution in [3.8, 4) is 5.75 Å². The summed E-state index contributed by atoms with van der Waals surface area (Å²) < 4.78 is 65.4. The number of carbonyl (C=O) groups excluding carboxylic acids is 2. The number of aldehydes is 2. The quantitative estimate of drug-likeness (QED) is 0.623. The van der Waals surface area contributed by atoms with Gasteiger partial charge in [-0.05, 0) is 12.1 Å². The molecule has 0 fully saturated rings. The van der Waals surface area contributed by atoms with Gasteiger partial charge in [0, 0.05) is 5.56 Å². The summed E-state index contributed by atoms with van der Waals surface area (Å²) in [5, 5.41) is 0. The molecule has 1 rings (SSSR count). The number of hydrogen-bond acceptors (Lipinski definition) is 3. The van der Waals surface area contributed by atoms with E-state index in [0.29, 0.717) is 6.07 Å². The molecule has 0 bridgehead atoms. The minimum absolute atomic E-state index is 0.0639. The Bertz CT molecular complexity index is 467. The van der Waals surface area contributed by atoms with Crippen LogP contribution in [0.5, 0.6) is 5.75 Å². The highest BCUT2D eigenvalue weighted by Gasteiger charge is 2.37. The zero-order chi connectivity index (χ0) is 13.9. The zero-order valence-electron chi connectivity index (χ0n) is 8.50. The van der Waals surface area contributed by atoms with Gasteiger partial charge in [-0.2, -0.15) is 22.0 Å². The number of halogens is 5. The predicted octanol–water partition coefficient (Wildman–Crippen LogP) is 2.93. The molecule has 0 aromatic heterocycles. The third-order valence-electron chi connectivity index (χ3n) is 1.92. The fourth-order valence-electron chi connectivity index (χ4n) is 1.26. The van der Waals surface area contributed by atoms with Crippen LogP contribution in [0.3, 0.4) is 0 Å². The van der Waals surface area contributed by atoms with Crippen molar-refractivity contribution in [1.82, 2.24) is 0 Å². The number of carbonyl (C=O) groups is 2. The summed E-state index contributed by atoms with van der Waals surface area (Å²) in [4.78, 5) is 21.0. The molecule has 0 N–H and O–H groups in total. The third-order valence-corrected chi connectivity index (χ3v) is 1.92. The third kappa shape index (κ3) is 3.02. The summed E-state index contributed by atoms with van der Waals surface area (Å²) in [6, 6.07) is 1.06. The van der Waals surface area contributed by atoms with Gasteiger partial charge in [0.25, 0.3) is 0 Å². The van der Waals surface area contributed by atoms with Crippen LogP contribution in [0.15, 0.2) is 12.1 Å². The van der Waals surface area contributed by atoms with Crippen molar-refractivity contribution in [2.24, 2.45) is 0 Å². The molecule has 0 amide bonds. The Morgan fingerprint density at radius 3 is 2.11 bits per heavy atom. The van der Waals surface area contributed by atoms with Crippen molar-refractivity contribution in [3.05, 3.63) is 28.8 Å². The first kappa shape index (κ1) is 14.1. The van der Waals surface area contributed by atoms with Crippen LogP contribution < -0.4 is 4.74 Å². The SMILES string of the molecule is O=Cc1cc(C=O)c(OC(F)F)c(C(F)(F)F)c1. The van der Waals surface area contributed by atoms with E-state index in [1.54, 1.807) is 0 Å². The average Bonchev–Trinajstić information content (AvgIpc) is 2.26. The average molecular weight is 268 g/mol. The van der Waals surface area contributed by atoms with Gasteiger partial charge >= 0.3 is 12.8 Å². The summed E-state index contributed by atoms with van der Waals surface area (Å²) in [6.45, 7) is -3.52. The van der Waals surface area contributed by atoms with E-state index >= 15 is 0 Å². The standard InChI is InChI=1S/C10H5F5O3/c11-9(12)18-8-6(4-17)1-5(3-16)2-7(8)10(13,14)15/h1-4,9H. The van der Waals surface area contributed by atoms with Crippen LogP contribution >= 0.6 is 0 Å². The van der Waals surface area contributed by atoms with E-state index in [9.17, 15) is 31.5 Å². The molecule has 8 heteroatoms. The topological polar surface area (TPSA) is 43.4 Å². The first-order chi connectivity index (χ1) is 8.29. The highest BCUT2D eigenvalue weighted by atomic mass is 19.4. The number of benzene rings is 1. The first-order valence-electron chi connectivity index (χ1n) is 4.40. The lowest BCUT2D eigenvalue weighted by Crippen LogP contribution is -2.14. The molecule has 0 aliphatic carbocycles. The summed E-state index contributed by atoms with van der Waals surface area (Å²) in [5.41, 5.74) is -2.84. The Morgan fingerprint density at radius 2 is 1.72 bits per heavy atom. The first-order valence-corrected chi connectivity index (χ1v) is 4.40. The van der Waals surface area contributed by atoms with Gasteiger partial charge in [-0.1, -0.05) is 0 Å². The molecule has 0 atom stereocenters. The molecule has 98 valence electrons. The van der Waals surface area contributed by atoms with E-state index in [0.717, 1.165) is 6.07 Å². The summed E-state index contributed by atoms with van der Waals surface area (Å²) >= 11 is 0. The molecular formula is C10H5F5O3. The fourth-order valence-corrected chi connectivity index (χ4v) is 1.26. The Balaban J connectivity index is 3.52.